The summed E-state index contributed by atoms with van der Waals surface area (Å²) in [5, 5.41) is 2.80. The molecular formula is C28H34N+. The van der Waals surface area contributed by atoms with Crippen molar-refractivity contribution in [3.63, 3.8) is 0 Å². The Morgan fingerprint density at radius 3 is 1.97 bits per heavy atom. The Morgan fingerprint density at radius 1 is 0.724 bits per heavy atom. The molecule has 0 bridgehead atoms. The zero-order chi connectivity index (χ0) is 20.0. The molecule has 2 aromatic carbocycles. The molecule has 5 rings (SSSR count). The van der Waals surface area contributed by atoms with Gasteiger partial charge in [0.1, 0.15) is 7.05 Å². The number of nitrogens with zero attached hydrogens (tertiary/aromatic N) is 1. The second-order valence-electron chi connectivity index (χ2n) is 9.58. The van der Waals surface area contributed by atoms with Gasteiger partial charge < -0.3 is 0 Å². The lowest BCUT2D eigenvalue weighted by molar-refractivity contribution is -0.665. The van der Waals surface area contributed by atoms with Crippen LogP contribution in [0.3, 0.4) is 0 Å². The summed E-state index contributed by atoms with van der Waals surface area (Å²) >= 11 is 0. The van der Waals surface area contributed by atoms with Gasteiger partial charge in [-0.3, -0.25) is 0 Å². The highest BCUT2D eigenvalue weighted by molar-refractivity contribution is 5.94. The molecule has 0 aliphatic heterocycles. The summed E-state index contributed by atoms with van der Waals surface area (Å²) in [4.78, 5) is 0. The Kier molecular flexibility index (Phi) is 4.94. The first-order chi connectivity index (χ1) is 14.1. The van der Waals surface area contributed by atoms with Gasteiger partial charge >= 0.3 is 0 Å². The van der Waals surface area contributed by atoms with Crippen molar-refractivity contribution in [3.05, 3.63) is 64.8 Å². The number of hydrogen-bond acceptors (Lipinski definition) is 0. The highest BCUT2D eigenvalue weighted by Crippen LogP contribution is 2.39. The van der Waals surface area contributed by atoms with E-state index in [0.717, 1.165) is 11.8 Å². The van der Waals surface area contributed by atoms with Crippen LogP contribution in [-0.2, 0) is 7.05 Å². The van der Waals surface area contributed by atoms with Gasteiger partial charge in [-0.1, -0.05) is 49.9 Å². The number of aromatic nitrogens is 1. The third-order valence-electron chi connectivity index (χ3n) is 7.73. The number of hydrogen-bond donors (Lipinski definition) is 0. The maximum atomic E-state index is 2.50. The van der Waals surface area contributed by atoms with Crippen molar-refractivity contribution < 1.29 is 4.57 Å². The van der Waals surface area contributed by atoms with Gasteiger partial charge in [-0.15, -0.1) is 0 Å². The summed E-state index contributed by atoms with van der Waals surface area (Å²) in [6.07, 6.45) is 11.0. The number of pyridine rings is 1. The normalized spacial score (nSPS) is 18.2. The molecular weight excluding hydrogens is 350 g/mol. The van der Waals surface area contributed by atoms with Crippen LogP contribution in [0.15, 0.2) is 42.5 Å². The van der Waals surface area contributed by atoms with Gasteiger partial charge in [-0.2, -0.15) is 4.57 Å². The van der Waals surface area contributed by atoms with Gasteiger partial charge in [0.25, 0.3) is 0 Å². The second kappa shape index (κ2) is 7.59. The van der Waals surface area contributed by atoms with E-state index in [0.29, 0.717) is 0 Å². The fourth-order valence-electron chi connectivity index (χ4n) is 5.84. The van der Waals surface area contributed by atoms with E-state index in [-0.39, 0.29) is 0 Å². The van der Waals surface area contributed by atoms with Crippen molar-refractivity contribution in [1.29, 1.82) is 0 Å². The Balaban J connectivity index is 1.67. The van der Waals surface area contributed by atoms with E-state index in [1.807, 2.05) is 0 Å². The van der Waals surface area contributed by atoms with Crippen LogP contribution in [0.4, 0.5) is 0 Å². The molecule has 0 amide bonds. The Labute approximate surface area is 175 Å². The lowest BCUT2D eigenvalue weighted by Gasteiger charge is -2.16. The van der Waals surface area contributed by atoms with E-state index in [2.05, 4.69) is 67.9 Å². The van der Waals surface area contributed by atoms with E-state index < -0.39 is 0 Å². The van der Waals surface area contributed by atoms with Crippen LogP contribution in [0.2, 0.25) is 0 Å². The van der Waals surface area contributed by atoms with E-state index in [1.165, 1.54) is 84.7 Å². The fourth-order valence-corrected chi connectivity index (χ4v) is 5.84. The Morgan fingerprint density at radius 2 is 1.31 bits per heavy atom. The predicted molar refractivity (Wildman–Crippen MR) is 122 cm³/mol. The van der Waals surface area contributed by atoms with Gasteiger partial charge in [0.05, 0.1) is 5.39 Å². The summed E-state index contributed by atoms with van der Waals surface area (Å²) in [6.45, 7) is 4.52. The van der Waals surface area contributed by atoms with Gasteiger partial charge in [-0.25, -0.2) is 0 Å². The zero-order valence-electron chi connectivity index (χ0n) is 18.3. The van der Waals surface area contributed by atoms with Crippen LogP contribution in [0, 0.1) is 13.8 Å². The van der Waals surface area contributed by atoms with Crippen molar-refractivity contribution >= 4 is 10.8 Å². The van der Waals surface area contributed by atoms with Gasteiger partial charge in [0.15, 0.2) is 5.69 Å². The molecule has 0 spiro atoms. The second-order valence-corrected chi connectivity index (χ2v) is 9.58. The fraction of sp³-hybridized carbons (Fsp3) is 0.464. The van der Waals surface area contributed by atoms with Crippen LogP contribution in [0.5, 0.6) is 0 Å². The predicted octanol–water partition coefficient (Wildman–Crippen LogP) is 7.26. The molecule has 2 aliphatic rings. The van der Waals surface area contributed by atoms with E-state index in [9.17, 15) is 0 Å². The maximum absolute atomic E-state index is 2.50. The van der Waals surface area contributed by atoms with Crippen molar-refractivity contribution in [3.8, 4) is 11.3 Å². The quantitative estimate of drug-likeness (QED) is 0.418. The minimum atomic E-state index is 0.754. The van der Waals surface area contributed by atoms with Crippen molar-refractivity contribution in [2.75, 3.05) is 0 Å². The number of aryl methyl sites for hydroxylation is 2. The number of rotatable bonds is 3. The summed E-state index contributed by atoms with van der Waals surface area (Å²) in [5.41, 5.74) is 8.61. The van der Waals surface area contributed by atoms with Crippen LogP contribution in [-0.4, -0.2) is 0 Å². The molecule has 3 aromatic rings. The molecule has 2 fully saturated rings. The lowest BCUT2D eigenvalue weighted by atomic mass is 9.90. The third-order valence-corrected chi connectivity index (χ3v) is 7.73. The first kappa shape index (κ1) is 18.9. The standard InChI is InChI=1S/C28H34N/c1-19-12-13-24(22-10-6-7-11-22)18-27(19)28-26-15-14-23(21-8-4-5-9-21)17-25(26)16-20(2)29(28)3/h12-18,21-22H,4-11H2,1-3H3/q+1. The van der Waals surface area contributed by atoms with Crippen molar-refractivity contribution in [1.82, 2.24) is 0 Å². The summed E-state index contributed by atoms with van der Waals surface area (Å²) < 4.78 is 2.40. The molecule has 1 heterocycles. The number of fused-ring (bicyclic) bond motifs is 1. The maximum Gasteiger partial charge on any atom is 0.220 e. The van der Waals surface area contributed by atoms with Gasteiger partial charge in [0.2, 0.25) is 5.69 Å². The van der Waals surface area contributed by atoms with Crippen LogP contribution in [0.1, 0.15) is 85.6 Å². The van der Waals surface area contributed by atoms with Gasteiger partial charge in [0, 0.05) is 18.6 Å². The molecule has 29 heavy (non-hydrogen) atoms. The van der Waals surface area contributed by atoms with Gasteiger partial charge in [-0.05, 0) is 78.7 Å². The molecule has 1 aromatic heterocycles. The zero-order valence-corrected chi connectivity index (χ0v) is 18.3. The van der Waals surface area contributed by atoms with Crippen LogP contribution in [0.25, 0.3) is 22.0 Å². The van der Waals surface area contributed by atoms with E-state index in [4.69, 9.17) is 0 Å². The molecule has 0 radical (unpaired) electrons. The summed E-state index contributed by atoms with van der Waals surface area (Å²) in [7, 11) is 2.23. The largest absolute Gasteiger partial charge is 0.220 e. The summed E-state index contributed by atoms with van der Waals surface area (Å²) in [5.74, 6) is 1.52. The number of benzene rings is 2. The smallest absolute Gasteiger partial charge is 0.198 e. The molecule has 0 N–H and O–H groups in total. The van der Waals surface area contributed by atoms with Crippen LogP contribution < -0.4 is 4.57 Å². The highest BCUT2D eigenvalue weighted by atomic mass is 14.9. The summed E-state index contributed by atoms with van der Waals surface area (Å²) in [6, 6.07) is 16.9. The lowest BCUT2D eigenvalue weighted by Crippen LogP contribution is -2.35. The van der Waals surface area contributed by atoms with Crippen molar-refractivity contribution in [2.24, 2.45) is 7.05 Å². The minimum absolute atomic E-state index is 0.754. The molecule has 150 valence electrons. The molecule has 2 saturated carbocycles. The topological polar surface area (TPSA) is 3.88 Å². The molecule has 2 aliphatic carbocycles. The van der Waals surface area contributed by atoms with E-state index >= 15 is 0 Å². The Bertz CT molecular complexity index is 1050. The first-order valence-electron chi connectivity index (χ1n) is 11.7. The molecule has 1 heteroatoms. The molecule has 0 atom stereocenters. The average Bonchev–Trinajstić information content (AvgIpc) is 3.44. The van der Waals surface area contributed by atoms with Crippen molar-refractivity contribution in [2.45, 2.75) is 77.0 Å². The van der Waals surface area contributed by atoms with Crippen LogP contribution >= 0.6 is 0 Å². The monoisotopic (exact) mass is 384 g/mol. The van der Waals surface area contributed by atoms with E-state index in [1.54, 1.807) is 11.1 Å². The highest BCUT2D eigenvalue weighted by Gasteiger charge is 2.24. The SMILES string of the molecule is Cc1ccc(C2CCCC2)cc1-c1c2ccc(C3CCCC3)cc2cc(C)[n+]1C. The molecule has 0 unspecified atom stereocenters. The minimum Gasteiger partial charge on any atom is -0.198 e. The molecule has 0 saturated heterocycles. The first-order valence-corrected chi connectivity index (χ1v) is 11.7. The Hall–Kier alpha value is -2.15. The third kappa shape index (κ3) is 3.39. The molecule has 1 nitrogen and oxygen atoms in total. The average molecular weight is 385 g/mol.